The lowest BCUT2D eigenvalue weighted by Gasteiger charge is -2.50. The molecule has 4 heteroatoms. The van der Waals surface area contributed by atoms with Gasteiger partial charge in [-0.2, -0.15) is 0 Å². The van der Waals surface area contributed by atoms with Crippen molar-refractivity contribution in [3.8, 4) is 23.0 Å². The fourth-order valence-electron chi connectivity index (χ4n) is 5.65. The Balaban J connectivity index is 1.55. The molecule has 0 saturated carbocycles. The van der Waals surface area contributed by atoms with Gasteiger partial charge in [0, 0.05) is 17.0 Å². The largest absolute Gasteiger partial charge is 0.497 e. The van der Waals surface area contributed by atoms with Gasteiger partial charge in [-0.25, -0.2) is 0 Å². The molecule has 4 aromatic rings. The van der Waals surface area contributed by atoms with Crippen LogP contribution in [-0.4, -0.2) is 14.2 Å². The summed E-state index contributed by atoms with van der Waals surface area (Å²) in [5, 5.41) is 0. The average molecular weight is 505 g/mol. The molecule has 0 fully saturated rings. The number of aryl methyl sites for hydroxylation is 2. The standard InChI is InChI=1S/C34H32O4/c1-22-5-9-24(10-6-22)11-16-29-30-21-28(36-4)15-18-33(30)38-34(26-12-7-23(2)8-13-26)31(29)20-25-19-27(35-3)14-17-32(25)37-34/h5-19,21,29,31H,20H2,1-4H3/b16-11+/t29?,31-,34+/m1/s1. The Morgan fingerprint density at radius 1 is 0.737 bits per heavy atom. The lowest BCUT2D eigenvalue weighted by atomic mass is 9.70. The Hall–Kier alpha value is -4.18. The van der Waals surface area contributed by atoms with E-state index in [4.69, 9.17) is 18.9 Å². The minimum Gasteiger partial charge on any atom is -0.497 e. The molecule has 38 heavy (non-hydrogen) atoms. The molecule has 1 unspecified atom stereocenters. The van der Waals surface area contributed by atoms with E-state index in [0.29, 0.717) is 0 Å². The summed E-state index contributed by atoms with van der Waals surface area (Å²) in [6.45, 7) is 4.20. The monoisotopic (exact) mass is 504 g/mol. The number of benzene rings is 4. The maximum absolute atomic E-state index is 6.92. The van der Waals surface area contributed by atoms with E-state index < -0.39 is 5.79 Å². The SMILES string of the molecule is COc1ccc2c(c1)C[C@@H]1C(/C=C/c3ccc(C)cc3)c3cc(OC)ccc3O[C@]1(c1ccc(C)cc1)O2. The predicted octanol–water partition coefficient (Wildman–Crippen LogP) is 7.61. The number of hydrogen-bond donors (Lipinski definition) is 0. The number of fused-ring (bicyclic) bond motifs is 3. The molecule has 2 heterocycles. The first-order chi connectivity index (χ1) is 18.5. The third-order valence-corrected chi connectivity index (χ3v) is 7.76. The Kier molecular flexibility index (Phi) is 6.11. The van der Waals surface area contributed by atoms with Crippen LogP contribution in [0.25, 0.3) is 6.08 Å². The van der Waals surface area contributed by atoms with Crippen molar-refractivity contribution in [1.82, 2.24) is 0 Å². The molecule has 0 aliphatic carbocycles. The highest BCUT2D eigenvalue weighted by molar-refractivity contribution is 5.56. The van der Waals surface area contributed by atoms with E-state index in [1.54, 1.807) is 14.2 Å². The van der Waals surface area contributed by atoms with Crippen molar-refractivity contribution in [3.63, 3.8) is 0 Å². The minimum atomic E-state index is -0.987. The molecule has 2 aliphatic rings. The molecule has 0 bridgehead atoms. The summed E-state index contributed by atoms with van der Waals surface area (Å²) in [6, 6.07) is 29.2. The van der Waals surface area contributed by atoms with E-state index in [9.17, 15) is 0 Å². The van der Waals surface area contributed by atoms with Crippen LogP contribution in [0.4, 0.5) is 0 Å². The number of hydrogen-bond acceptors (Lipinski definition) is 4. The zero-order chi connectivity index (χ0) is 26.3. The van der Waals surface area contributed by atoms with Crippen molar-refractivity contribution < 1.29 is 18.9 Å². The molecule has 3 atom stereocenters. The molecule has 4 nitrogen and oxygen atoms in total. The Labute approximate surface area is 224 Å². The summed E-state index contributed by atoms with van der Waals surface area (Å²) in [6.07, 6.45) is 5.27. The Morgan fingerprint density at radius 2 is 1.34 bits per heavy atom. The molecule has 0 saturated heterocycles. The van der Waals surface area contributed by atoms with Crippen molar-refractivity contribution in [2.45, 2.75) is 32.0 Å². The first-order valence-corrected chi connectivity index (χ1v) is 13.0. The van der Waals surface area contributed by atoms with Crippen LogP contribution in [0.5, 0.6) is 23.0 Å². The van der Waals surface area contributed by atoms with Gasteiger partial charge in [-0.3, -0.25) is 0 Å². The second-order valence-corrected chi connectivity index (χ2v) is 10.2. The van der Waals surface area contributed by atoms with Crippen LogP contribution >= 0.6 is 0 Å². The quantitative estimate of drug-likeness (QED) is 0.280. The van der Waals surface area contributed by atoms with E-state index in [1.807, 2.05) is 24.3 Å². The second kappa shape index (κ2) is 9.60. The van der Waals surface area contributed by atoms with Gasteiger partial charge < -0.3 is 18.9 Å². The summed E-state index contributed by atoms with van der Waals surface area (Å²) < 4.78 is 25.0. The average Bonchev–Trinajstić information content (AvgIpc) is 2.95. The van der Waals surface area contributed by atoms with Gasteiger partial charge in [0.2, 0.25) is 0 Å². The van der Waals surface area contributed by atoms with Gasteiger partial charge in [-0.1, -0.05) is 71.8 Å². The summed E-state index contributed by atoms with van der Waals surface area (Å²) >= 11 is 0. The summed E-state index contributed by atoms with van der Waals surface area (Å²) in [7, 11) is 3.40. The molecule has 0 radical (unpaired) electrons. The van der Waals surface area contributed by atoms with E-state index in [0.717, 1.165) is 51.7 Å². The second-order valence-electron chi connectivity index (χ2n) is 10.2. The lowest BCUT2D eigenvalue weighted by molar-refractivity contribution is -0.187. The lowest BCUT2D eigenvalue weighted by Crippen LogP contribution is -2.54. The van der Waals surface area contributed by atoms with Crippen molar-refractivity contribution in [1.29, 1.82) is 0 Å². The van der Waals surface area contributed by atoms with Crippen LogP contribution in [0.3, 0.4) is 0 Å². The van der Waals surface area contributed by atoms with Crippen molar-refractivity contribution in [2.24, 2.45) is 5.92 Å². The van der Waals surface area contributed by atoms with Crippen LogP contribution in [0.15, 0.2) is 91.0 Å². The van der Waals surface area contributed by atoms with Gasteiger partial charge in [-0.15, -0.1) is 0 Å². The molecule has 0 amide bonds. The topological polar surface area (TPSA) is 36.9 Å². The number of methoxy groups -OCH3 is 2. The summed E-state index contributed by atoms with van der Waals surface area (Å²) in [5.74, 6) is 2.24. The molecule has 192 valence electrons. The molecule has 0 N–H and O–H groups in total. The minimum absolute atomic E-state index is 0.0100. The van der Waals surface area contributed by atoms with E-state index in [2.05, 4.69) is 86.7 Å². The molecule has 0 aromatic heterocycles. The Bertz CT molecular complexity index is 1490. The van der Waals surface area contributed by atoms with Gasteiger partial charge in [-0.05, 0) is 67.8 Å². The van der Waals surface area contributed by atoms with Crippen molar-refractivity contribution in [3.05, 3.63) is 124 Å². The first-order valence-electron chi connectivity index (χ1n) is 13.0. The van der Waals surface area contributed by atoms with Gasteiger partial charge in [0.25, 0.3) is 5.79 Å². The summed E-state index contributed by atoms with van der Waals surface area (Å²) in [4.78, 5) is 0. The highest BCUT2D eigenvalue weighted by Crippen LogP contribution is 2.56. The number of allylic oxidation sites excluding steroid dienone is 1. The Morgan fingerprint density at radius 3 is 2.03 bits per heavy atom. The third-order valence-electron chi connectivity index (χ3n) is 7.76. The maximum atomic E-state index is 6.92. The highest BCUT2D eigenvalue weighted by atomic mass is 16.7. The van der Waals surface area contributed by atoms with Crippen LogP contribution < -0.4 is 18.9 Å². The van der Waals surface area contributed by atoms with Gasteiger partial charge >= 0.3 is 0 Å². The zero-order valence-corrected chi connectivity index (χ0v) is 22.2. The molecular formula is C34H32O4. The van der Waals surface area contributed by atoms with Gasteiger partial charge in [0.15, 0.2) is 0 Å². The molecule has 4 aromatic carbocycles. The van der Waals surface area contributed by atoms with Crippen LogP contribution in [0.2, 0.25) is 0 Å². The van der Waals surface area contributed by atoms with Gasteiger partial charge in [0.05, 0.1) is 20.1 Å². The number of ether oxygens (including phenoxy) is 4. The zero-order valence-electron chi connectivity index (χ0n) is 22.2. The normalized spacial score (nSPS) is 21.5. The smallest absolute Gasteiger partial charge is 0.281 e. The molecule has 6 rings (SSSR count). The third kappa shape index (κ3) is 4.20. The van der Waals surface area contributed by atoms with E-state index in [-0.39, 0.29) is 11.8 Å². The summed E-state index contributed by atoms with van der Waals surface area (Å²) in [5.41, 5.74) is 6.81. The molecule has 0 spiro atoms. The maximum Gasteiger partial charge on any atom is 0.281 e. The van der Waals surface area contributed by atoms with E-state index in [1.165, 1.54) is 11.1 Å². The number of rotatable bonds is 5. The molecule has 2 aliphatic heterocycles. The fraction of sp³-hybridized carbons (Fsp3) is 0.235. The molecular weight excluding hydrogens is 472 g/mol. The van der Waals surface area contributed by atoms with Crippen LogP contribution in [0, 0.1) is 19.8 Å². The van der Waals surface area contributed by atoms with Crippen LogP contribution in [0.1, 0.15) is 39.3 Å². The van der Waals surface area contributed by atoms with Crippen molar-refractivity contribution >= 4 is 6.08 Å². The first kappa shape index (κ1) is 24.2. The van der Waals surface area contributed by atoms with E-state index >= 15 is 0 Å². The van der Waals surface area contributed by atoms with Crippen LogP contribution in [-0.2, 0) is 12.2 Å². The van der Waals surface area contributed by atoms with Gasteiger partial charge in [0.1, 0.15) is 23.0 Å². The van der Waals surface area contributed by atoms with Crippen molar-refractivity contribution in [2.75, 3.05) is 14.2 Å². The highest BCUT2D eigenvalue weighted by Gasteiger charge is 2.55. The fourth-order valence-corrected chi connectivity index (χ4v) is 5.65. The predicted molar refractivity (Wildman–Crippen MR) is 150 cm³/mol.